The summed E-state index contributed by atoms with van der Waals surface area (Å²) in [4.78, 5) is 19.4. The topological polar surface area (TPSA) is 59.7 Å². The van der Waals surface area contributed by atoms with Crippen molar-refractivity contribution in [3.05, 3.63) is 36.1 Å². The van der Waals surface area contributed by atoms with Crippen LogP contribution in [0.3, 0.4) is 0 Å². The van der Waals surface area contributed by atoms with Gasteiger partial charge >= 0.3 is 0 Å². The first-order chi connectivity index (χ1) is 11.2. The predicted octanol–water partition coefficient (Wildman–Crippen LogP) is 3.76. The average Bonchev–Trinajstić information content (AvgIpc) is 3.23. The zero-order valence-corrected chi connectivity index (χ0v) is 13.6. The summed E-state index contributed by atoms with van der Waals surface area (Å²) < 4.78 is 2.15. The number of aromatic nitrogens is 5. The second kappa shape index (κ2) is 5.77. The van der Waals surface area contributed by atoms with Gasteiger partial charge in [-0.2, -0.15) is 9.97 Å². The van der Waals surface area contributed by atoms with Crippen molar-refractivity contribution >= 4 is 34.3 Å². The molecule has 0 saturated heterocycles. The van der Waals surface area contributed by atoms with Crippen LogP contribution in [0.4, 0.5) is 11.5 Å². The first-order valence-electron chi connectivity index (χ1n) is 7.78. The van der Waals surface area contributed by atoms with Gasteiger partial charge in [0.1, 0.15) is 0 Å². The lowest BCUT2D eigenvalue weighted by Gasteiger charge is -2.19. The van der Waals surface area contributed by atoms with Gasteiger partial charge in [-0.3, -0.25) is 4.98 Å². The average molecular weight is 329 g/mol. The van der Waals surface area contributed by atoms with E-state index in [9.17, 15) is 0 Å². The summed E-state index contributed by atoms with van der Waals surface area (Å²) in [5.41, 5.74) is 2.57. The van der Waals surface area contributed by atoms with E-state index >= 15 is 0 Å². The quantitative estimate of drug-likeness (QED) is 0.685. The second-order valence-corrected chi connectivity index (χ2v) is 6.18. The van der Waals surface area contributed by atoms with E-state index in [0.717, 1.165) is 16.9 Å². The van der Waals surface area contributed by atoms with E-state index < -0.39 is 0 Å². The summed E-state index contributed by atoms with van der Waals surface area (Å²) in [5, 5.41) is 0.244. The molecule has 1 aliphatic rings. The molecule has 0 N–H and O–H groups in total. The minimum absolute atomic E-state index is 0.244. The summed E-state index contributed by atoms with van der Waals surface area (Å²) in [7, 11) is 1.95. The predicted molar refractivity (Wildman–Crippen MR) is 90.1 cm³/mol. The molecule has 0 bridgehead atoms. The SMILES string of the molecule is CN(c1ccncc1)c1nc(Cl)nc2c1ncn2C1CCCC1. The molecular weight excluding hydrogens is 312 g/mol. The van der Waals surface area contributed by atoms with Crippen molar-refractivity contribution in [3.8, 4) is 0 Å². The molecule has 0 aromatic carbocycles. The Hall–Kier alpha value is -2.21. The van der Waals surface area contributed by atoms with Crippen molar-refractivity contribution in [2.45, 2.75) is 31.7 Å². The number of fused-ring (bicyclic) bond motifs is 1. The van der Waals surface area contributed by atoms with Crippen molar-refractivity contribution in [1.82, 2.24) is 24.5 Å². The van der Waals surface area contributed by atoms with Gasteiger partial charge in [0.25, 0.3) is 0 Å². The van der Waals surface area contributed by atoms with Crippen molar-refractivity contribution in [1.29, 1.82) is 0 Å². The zero-order valence-electron chi connectivity index (χ0n) is 12.9. The number of hydrogen-bond acceptors (Lipinski definition) is 5. The Balaban J connectivity index is 1.84. The first-order valence-corrected chi connectivity index (χ1v) is 8.15. The second-order valence-electron chi connectivity index (χ2n) is 5.84. The fourth-order valence-electron chi connectivity index (χ4n) is 3.25. The largest absolute Gasteiger partial charge is 0.327 e. The van der Waals surface area contributed by atoms with Gasteiger partial charge < -0.3 is 9.47 Å². The highest BCUT2D eigenvalue weighted by Gasteiger charge is 2.22. The van der Waals surface area contributed by atoms with Crippen LogP contribution in [0.5, 0.6) is 0 Å². The van der Waals surface area contributed by atoms with Crippen LogP contribution in [0.2, 0.25) is 5.28 Å². The fourth-order valence-corrected chi connectivity index (χ4v) is 3.41. The van der Waals surface area contributed by atoms with Crippen molar-refractivity contribution in [3.63, 3.8) is 0 Å². The van der Waals surface area contributed by atoms with Gasteiger partial charge in [0.2, 0.25) is 5.28 Å². The number of anilines is 2. The van der Waals surface area contributed by atoms with Gasteiger partial charge in [-0.15, -0.1) is 0 Å². The van der Waals surface area contributed by atoms with Gasteiger partial charge in [-0.1, -0.05) is 12.8 Å². The standard InChI is InChI=1S/C16H17ClN6/c1-22(11-6-8-18-9-7-11)14-13-15(21-16(17)20-14)23(10-19-13)12-4-2-3-5-12/h6-10,12H,2-5H2,1H3. The Morgan fingerprint density at radius 1 is 1.17 bits per heavy atom. The molecule has 0 radical (unpaired) electrons. The number of rotatable bonds is 3. The number of hydrogen-bond donors (Lipinski definition) is 0. The van der Waals surface area contributed by atoms with Gasteiger partial charge in [-0.05, 0) is 36.6 Å². The van der Waals surface area contributed by atoms with Crippen LogP contribution in [-0.4, -0.2) is 31.6 Å². The molecule has 0 aliphatic heterocycles. The summed E-state index contributed by atoms with van der Waals surface area (Å²) >= 11 is 6.19. The lowest BCUT2D eigenvalue weighted by atomic mass is 10.2. The third-order valence-corrected chi connectivity index (χ3v) is 4.63. The van der Waals surface area contributed by atoms with Crippen LogP contribution in [-0.2, 0) is 0 Å². The normalized spacial score (nSPS) is 15.4. The molecule has 3 aromatic heterocycles. The Morgan fingerprint density at radius 2 is 1.91 bits per heavy atom. The van der Waals surface area contributed by atoms with Crippen LogP contribution < -0.4 is 4.90 Å². The van der Waals surface area contributed by atoms with Crippen LogP contribution >= 0.6 is 11.6 Å². The molecule has 7 heteroatoms. The molecule has 23 heavy (non-hydrogen) atoms. The maximum Gasteiger partial charge on any atom is 0.226 e. The molecule has 0 atom stereocenters. The highest BCUT2D eigenvalue weighted by molar-refractivity contribution is 6.28. The molecule has 1 fully saturated rings. The Kier molecular flexibility index (Phi) is 3.61. The van der Waals surface area contributed by atoms with E-state index in [2.05, 4.69) is 24.5 Å². The van der Waals surface area contributed by atoms with Crippen molar-refractivity contribution in [2.75, 3.05) is 11.9 Å². The third-order valence-electron chi connectivity index (χ3n) is 4.46. The highest BCUT2D eigenvalue weighted by atomic mass is 35.5. The van der Waals surface area contributed by atoms with Gasteiger partial charge in [0, 0.05) is 31.2 Å². The van der Waals surface area contributed by atoms with E-state index in [1.165, 1.54) is 25.7 Å². The lowest BCUT2D eigenvalue weighted by Crippen LogP contribution is -2.13. The molecule has 118 valence electrons. The van der Waals surface area contributed by atoms with Crippen LogP contribution in [0, 0.1) is 0 Å². The summed E-state index contributed by atoms with van der Waals surface area (Å²) in [6.07, 6.45) is 10.2. The molecule has 3 heterocycles. The smallest absolute Gasteiger partial charge is 0.226 e. The highest BCUT2D eigenvalue weighted by Crippen LogP contribution is 2.34. The molecule has 6 nitrogen and oxygen atoms in total. The minimum Gasteiger partial charge on any atom is -0.327 e. The Morgan fingerprint density at radius 3 is 2.65 bits per heavy atom. The van der Waals surface area contributed by atoms with E-state index in [1.807, 2.05) is 30.4 Å². The van der Waals surface area contributed by atoms with E-state index in [4.69, 9.17) is 11.6 Å². The fraction of sp³-hybridized carbons (Fsp3) is 0.375. The van der Waals surface area contributed by atoms with E-state index in [1.54, 1.807) is 12.4 Å². The number of imidazole rings is 1. The molecule has 4 rings (SSSR count). The van der Waals surface area contributed by atoms with Crippen molar-refractivity contribution in [2.24, 2.45) is 0 Å². The summed E-state index contributed by atoms with van der Waals surface area (Å²) in [5.74, 6) is 0.711. The monoisotopic (exact) mass is 328 g/mol. The number of pyridine rings is 1. The summed E-state index contributed by atoms with van der Waals surface area (Å²) in [6, 6.07) is 4.32. The van der Waals surface area contributed by atoms with Crippen LogP contribution in [0.15, 0.2) is 30.9 Å². The maximum absolute atomic E-state index is 6.19. The van der Waals surface area contributed by atoms with Crippen LogP contribution in [0.25, 0.3) is 11.2 Å². The molecular formula is C16H17ClN6. The first kappa shape index (κ1) is 14.4. The lowest BCUT2D eigenvalue weighted by molar-refractivity contribution is 0.529. The van der Waals surface area contributed by atoms with Gasteiger partial charge in [0.15, 0.2) is 17.0 Å². The maximum atomic E-state index is 6.19. The number of halogens is 1. The zero-order chi connectivity index (χ0) is 15.8. The van der Waals surface area contributed by atoms with Crippen molar-refractivity contribution < 1.29 is 0 Å². The molecule has 3 aromatic rings. The van der Waals surface area contributed by atoms with Gasteiger partial charge in [0.05, 0.1) is 6.33 Å². The third kappa shape index (κ3) is 2.53. The molecule has 1 aliphatic carbocycles. The van der Waals surface area contributed by atoms with E-state index in [-0.39, 0.29) is 5.28 Å². The van der Waals surface area contributed by atoms with E-state index in [0.29, 0.717) is 11.9 Å². The summed E-state index contributed by atoms with van der Waals surface area (Å²) in [6.45, 7) is 0. The van der Waals surface area contributed by atoms with Gasteiger partial charge in [-0.25, -0.2) is 4.98 Å². The Bertz CT molecular complexity index is 825. The van der Waals surface area contributed by atoms with Crippen LogP contribution in [0.1, 0.15) is 31.7 Å². The molecule has 1 saturated carbocycles. The Labute approximate surface area is 139 Å². The molecule has 0 spiro atoms. The number of nitrogens with zero attached hydrogens (tertiary/aromatic N) is 6. The molecule has 0 amide bonds. The minimum atomic E-state index is 0.244. The molecule has 0 unspecified atom stereocenters.